The van der Waals surface area contributed by atoms with Crippen molar-refractivity contribution in [2.45, 2.75) is 75.0 Å². The zero-order valence-corrected chi connectivity index (χ0v) is 19.8. The molecule has 0 spiro atoms. The van der Waals surface area contributed by atoms with Crippen LogP contribution in [0.15, 0.2) is 41.4 Å². The minimum absolute atomic E-state index is 0.222. The SMILES string of the molecule is Cc1ccc(C2CCCC2)c(OC2(C(=O)NS(=O)(=O)c3cccc(NCC(C)O)n3)CC2)c1. The number of pyridine rings is 1. The van der Waals surface area contributed by atoms with E-state index >= 15 is 0 Å². The van der Waals surface area contributed by atoms with E-state index in [1.165, 1.54) is 25.0 Å². The number of aliphatic hydroxyl groups is 1. The molecule has 1 aromatic heterocycles. The zero-order valence-electron chi connectivity index (χ0n) is 19.0. The number of aromatic nitrogens is 1. The number of anilines is 1. The lowest BCUT2D eigenvalue weighted by atomic mass is 9.95. The first-order chi connectivity index (χ1) is 15.7. The number of ether oxygens (including phenoxy) is 1. The third-order valence-electron chi connectivity index (χ3n) is 6.19. The standard InChI is InChI=1S/C24H31N3O5S/c1-16-10-11-19(18-6-3-4-7-18)20(14-16)32-24(12-13-24)23(29)27-33(30,31)22-9-5-8-21(26-22)25-15-17(2)28/h5,8-11,14,17-18,28H,3-4,6-7,12-13,15H2,1-2H3,(H,25,26)(H,27,29). The van der Waals surface area contributed by atoms with Gasteiger partial charge in [-0.2, -0.15) is 8.42 Å². The van der Waals surface area contributed by atoms with Crippen LogP contribution in [0.3, 0.4) is 0 Å². The number of aliphatic hydroxyl groups excluding tert-OH is 1. The summed E-state index contributed by atoms with van der Waals surface area (Å²) in [6.45, 7) is 3.80. The minimum atomic E-state index is -4.18. The number of hydrogen-bond donors (Lipinski definition) is 3. The molecule has 2 fully saturated rings. The molecule has 8 nitrogen and oxygen atoms in total. The van der Waals surface area contributed by atoms with Gasteiger partial charge in [-0.15, -0.1) is 0 Å². The molecule has 1 atom stereocenters. The van der Waals surface area contributed by atoms with Crippen molar-refractivity contribution in [3.8, 4) is 5.75 Å². The van der Waals surface area contributed by atoms with Gasteiger partial charge in [0.05, 0.1) is 6.10 Å². The lowest BCUT2D eigenvalue weighted by Crippen LogP contribution is -2.43. The summed E-state index contributed by atoms with van der Waals surface area (Å²) in [6.07, 6.45) is 4.84. The van der Waals surface area contributed by atoms with Gasteiger partial charge in [-0.1, -0.05) is 31.0 Å². The van der Waals surface area contributed by atoms with Crippen molar-refractivity contribution >= 4 is 21.7 Å². The summed E-state index contributed by atoms with van der Waals surface area (Å²) >= 11 is 0. The van der Waals surface area contributed by atoms with Crippen LogP contribution in [0.2, 0.25) is 0 Å². The van der Waals surface area contributed by atoms with E-state index in [-0.39, 0.29) is 11.6 Å². The van der Waals surface area contributed by atoms with E-state index in [4.69, 9.17) is 4.74 Å². The van der Waals surface area contributed by atoms with E-state index in [0.717, 1.165) is 24.0 Å². The summed E-state index contributed by atoms with van der Waals surface area (Å²) in [5.74, 6) is 0.703. The molecule has 2 aliphatic carbocycles. The van der Waals surface area contributed by atoms with Crippen molar-refractivity contribution in [2.75, 3.05) is 11.9 Å². The molecule has 1 aromatic carbocycles. The van der Waals surface area contributed by atoms with Gasteiger partial charge in [0.1, 0.15) is 11.6 Å². The van der Waals surface area contributed by atoms with E-state index < -0.39 is 27.6 Å². The summed E-state index contributed by atoms with van der Waals surface area (Å²) in [4.78, 5) is 17.1. The largest absolute Gasteiger partial charge is 0.477 e. The molecule has 3 N–H and O–H groups in total. The average molecular weight is 474 g/mol. The Morgan fingerprint density at radius 2 is 1.97 bits per heavy atom. The topological polar surface area (TPSA) is 118 Å². The number of carbonyl (C=O) groups is 1. The molecular formula is C24H31N3O5S. The van der Waals surface area contributed by atoms with Crippen LogP contribution < -0.4 is 14.8 Å². The first kappa shape index (κ1) is 23.5. The monoisotopic (exact) mass is 473 g/mol. The van der Waals surface area contributed by atoms with Crippen LogP contribution in [0.5, 0.6) is 5.75 Å². The minimum Gasteiger partial charge on any atom is -0.477 e. The summed E-state index contributed by atoms with van der Waals surface area (Å²) in [7, 11) is -4.18. The van der Waals surface area contributed by atoms with Gasteiger partial charge in [0.15, 0.2) is 10.6 Å². The van der Waals surface area contributed by atoms with Gasteiger partial charge in [0.25, 0.3) is 15.9 Å². The van der Waals surface area contributed by atoms with Crippen molar-refractivity contribution < 1.29 is 23.1 Å². The van der Waals surface area contributed by atoms with Gasteiger partial charge in [0.2, 0.25) is 0 Å². The van der Waals surface area contributed by atoms with Gasteiger partial charge >= 0.3 is 0 Å². The van der Waals surface area contributed by atoms with Crippen LogP contribution in [-0.2, 0) is 14.8 Å². The van der Waals surface area contributed by atoms with Gasteiger partial charge in [-0.3, -0.25) is 4.79 Å². The number of nitrogens with one attached hydrogen (secondary N) is 2. The fourth-order valence-corrected chi connectivity index (χ4v) is 5.20. The lowest BCUT2D eigenvalue weighted by molar-refractivity contribution is -0.128. The molecule has 1 unspecified atom stereocenters. The fraction of sp³-hybridized carbons (Fsp3) is 0.500. The molecule has 2 aromatic rings. The maximum Gasteiger partial charge on any atom is 0.281 e. The van der Waals surface area contributed by atoms with Crippen LogP contribution in [0.4, 0.5) is 5.82 Å². The fourth-order valence-electron chi connectivity index (χ4n) is 4.19. The summed E-state index contributed by atoms with van der Waals surface area (Å²) in [6, 6.07) is 10.5. The number of benzene rings is 1. The molecule has 178 valence electrons. The van der Waals surface area contributed by atoms with Gasteiger partial charge in [-0.05, 0) is 61.9 Å². The van der Waals surface area contributed by atoms with E-state index in [0.29, 0.717) is 30.3 Å². The molecule has 1 heterocycles. The Bertz CT molecular complexity index is 1120. The number of sulfonamides is 1. The second-order valence-electron chi connectivity index (χ2n) is 9.14. The van der Waals surface area contributed by atoms with Gasteiger partial charge in [0, 0.05) is 19.4 Å². The predicted octanol–water partition coefficient (Wildman–Crippen LogP) is 3.26. The number of aryl methyl sites for hydroxylation is 1. The molecule has 0 bridgehead atoms. The summed E-state index contributed by atoms with van der Waals surface area (Å²) < 4.78 is 34.1. The molecule has 0 aliphatic heterocycles. The Hall–Kier alpha value is -2.65. The molecule has 33 heavy (non-hydrogen) atoms. The lowest BCUT2D eigenvalue weighted by Gasteiger charge is -2.22. The molecule has 2 aliphatic rings. The molecule has 0 saturated heterocycles. The summed E-state index contributed by atoms with van der Waals surface area (Å²) in [5.41, 5.74) is 0.941. The first-order valence-electron chi connectivity index (χ1n) is 11.4. The van der Waals surface area contributed by atoms with Gasteiger partial charge in [-0.25, -0.2) is 9.71 Å². The highest BCUT2D eigenvalue weighted by molar-refractivity contribution is 7.90. The Morgan fingerprint density at radius 3 is 2.64 bits per heavy atom. The molecule has 2 saturated carbocycles. The van der Waals surface area contributed by atoms with E-state index in [2.05, 4.69) is 27.2 Å². The number of carbonyl (C=O) groups excluding carboxylic acids is 1. The van der Waals surface area contributed by atoms with Crippen molar-refractivity contribution in [1.29, 1.82) is 0 Å². The van der Waals surface area contributed by atoms with Crippen LogP contribution in [0, 0.1) is 6.92 Å². The second-order valence-corrected chi connectivity index (χ2v) is 10.8. The van der Waals surface area contributed by atoms with Crippen LogP contribution in [-0.4, -0.2) is 42.7 Å². The third kappa shape index (κ3) is 5.47. The van der Waals surface area contributed by atoms with E-state index in [9.17, 15) is 18.3 Å². The second kappa shape index (κ2) is 9.30. The number of amides is 1. The normalized spacial score (nSPS) is 18.5. The molecule has 1 amide bonds. The van der Waals surface area contributed by atoms with Crippen LogP contribution in [0.1, 0.15) is 62.5 Å². The highest BCUT2D eigenvalue weighted by Gasteiger charge is 2.54. The number of nitrogens with zero attached hydrogens (tertiary/aromatic N) is 1. The maximum absolute atomic E-state index is 13.0. The highest BCUT2D eigenvalue weighted by Crippen LogP contribution is 2.45. The van der Waals surface area contributed by atoms with Crippen molar-refractivity contribution in [1.82, 2.24) is 9.71 Å². The number of hydrogen-bond acceptors (Lipinski definition) is 7. The van der Waals surface area contributed by atoms with Crippen molar-refractivity contribution in [3.05, 3.63) is 47.5 Å². The van der Waals surface area contributed by atoms with Crippen molar-refractivity contribution in [2.24, 2.45) is 0 Å². The molecule has 4 rings (SSSR count). The first-order valence-corrected chi connectivity index (χ1v) is 12.9. The zero-order chi connectivity index (χ0) is 23.6. The number of rotatable bonds is 9. The summed E-state index contributed by atoms with van der Waals surface area (Å²) in [5, 5.41) is 12.0. The quantitative estimate of drug-likeness (QED) is 0.512. The maximum atomic E-state index is 13.0. The van der Waals surface area contributed by atoms with Crippen LogP contribution in [0.25, 0.3) is 0 Å². The Labute approximate surface area is 194 Å². The Morgan fingerprint density at radius 1 is 1.24 bits per heavy atom. The van der Waals surface area contributed by atoms with Crippen molar-refractivity contribution in [3.63, 3.8) is 0 Å². The third-order valence-corrected chi connectivity index (χ3v) is 7.42. The molecule has 0 radical (unpaired) electrons. The Balaban J connectivity index is 1.50. The Kier molecular flexibility index (Phi) is 6.63. The highest BCUT2D eigenvalue weighted by atomic mass is 32.2. The average Bonchev–Trinajstić information content (AvgIpc) is 3.35. The molecule has 9 heteroatoms. The van der Waals surface area contributed by atoms with E-state index in [1.807, 2.05) is 13.0 Å². The predicted molar refractivity (Wildman–Crippen MR) is 125 cm³/mol. The van der Waals surface area contributed by atoms with E-state index in [1.54, 1.807) is 13.0 Å². The van der Waals surface area contributed by atoms with Crippen LogP contribution >= 0.6 is 0 Å². The van der Waals surface area contributed by atoms with Gasteiger partial charge < -0.3 is 15.2 Å². The molecular weight excluding hydrogens is 442 g/mol. The smallest absolute Gasteiger partial charge is 0.281 e.